The van der Waals surface area contributed by atoms with Gasteiger partial charge in [0.05, 0.1) is 9.50 Å². The van der Waals surface area contributed by atoms with E-state index >= 15 is 0 Å². The molecule has 0 spiro atoms. The second-order valence-electron chi connectivity index (χ2n) is 3.95. The number of hydrogen-bond acceptors (Lipinski definition) is 3. The SMILES string of the molecule is CCc1cc(Br)c(O)c(N=Nc2ccccc2Cl)c1. The van der Waals surface area contributed by atoms with Crippen molar-refractivity contribution < 1.29 is 5.11 Å². The molecule has 0 unspecified atom stereocenters. The zero-order chi connectivity index (χ0) is 13.8. The van der Waals surface area contributed by atoms with Gasteiger partial charge in [0.2, 0.25) is 0 Å². The van der Waals surface area contributed by atoms with Gasteiger partial charge in [-0.25, -0.2) is 0 Å². The van der Waals surface area contributed by atoms with E-state index in [4.69, 9.17) is 11.6 Å². The highest BCUT2D eigenvalue weighted by atomic mass is 79.9. The lowest BCUT2D eigenvalue weighted by atomic mass is 10.1. The molecule has 0 aliphatic carbocycles. The summed E-state index contributed by atoms with van der Waals surface area (Å²) in [4.78, 5) is 0. The largest absolute Gasteiger partial charge is 0.505 e. The Hall–Kier alpha value is -1.39. The van der Waals surface area contributed by atoms with Crippen molar-refractivity contribution >= 4 is 38.9 Å². The zero-order valence-electron chi connectivity index (χ0n) is 10.3. The highest BCUT2D eigenvalue weighted by Crippen LogP contribution is 2.37. The summed E-state index contributed by atoms with van der Waals surface area (Å²) in [6, 6.07) is 10.8. The molecule has 1 N–H and O–H groups in total. The molecule has 0 heterocycles. The van der Waals surface area contributed by atoms with Crippen molar-refractivity contribution in [1.82, 2.24) is 0 Å². The quantitative estimate of drug-likeness (QED) is 0.707. The molecule has 2 aromatic carbocycles. The fraction of sp³-hybridized carbons (Fsp3) is 0.143. The van der Waals surface area contributed by atoms with Crippen molar-refractivity contribution in [2.24, 2.45) is 10.2 Å². The van der Waals surface area contributed by atoms with Gasteiger partial charge in [0.15, 0.2) is 5.75 Å². The maximum absolute atomic E-state index is 9.93. The summed E-state index contributed by atoms with van der Waals surface area (Å²) in [6.45, 7) is 2.04. The first-order valence-corrected chi connectivity index (χ1v) is 6.96. The lowest BCUT2D eigenvalue weighted by Gasteiger charge is -2.04. The summed E-state index contributed by atoms with van der Waals surface area (Å²) >= 11 is 9.30. The van der Waals surface area contributed by atoms with Crippen molar-refractivity contribution in [3.63, 3.8) is 0 Å². The van der Waals surface area contributed by atoms with E-state index in [2.05, 4.69) is 26.2 Å². The van der Waals surface area contributed by atoms with E-state index in [1.54, 1.807) is 18.2 Å². The smallest absolute Gasteiger partial charge is 0.157 e. The third-order valence-corrected chi connectivity index (χ3v) is 3.55. The molecular formula is C14H12BrClN2O. The average molecular weight is 340 g/mol. The lowest BCUT2D eigenvalue weighted by molar-refractivity contribution is 0.473. The van der Waals surface area contributed by atoms with E-state index in [1.807, 2.05) is 25.1 Å². The molecule has 19 heavy (non-hydrogen) atoms. The molecular weight excluding hydrogens is 328 g/mol. The summed E-state index contributed by atoms with van der Waals surface area (Å²) in [7, 11) is 0. The molecule has 0 aliphatic heterocycles. The van der Waals surface area contributed by atoms with Gasteiger partial charge in [-0.05, 0) is 52.2 Å². The Kier molecular flexibility index (Phi) is 4.56. The minimum absolute atomic E-state index is 0.0769. The second-order valence-corrected chi connectivity index (χ2v) is 5.21. The summed E-state index contributed by atoms with van der Waals surface area (Å²) in [5.41, 5.74) is 2.06. The molecule has 0 amide bonds. The molecule has 0 atom stereocenters. The van der Waals surface area contributed by atoms with Gasteiger partial charge < -0.3 is 5.11 Å². The fourth-order valence-electron chi connectivity index (χ4n) is 1.56. The van der Waals surface area contributed by atoms with Crippen molar-refractivity contribution in [2.75, 3.05) is 0 Å². The minimum Gasteiger partial charge on any atom is -0.505 e. The van der Waals surface area contributed by atoms with Gasteiger partial charge in [-0.1, -0.05) is 30.7 Å². The Morgan fingerprint density at radius 1 is 1.16 bits per heavy atom. The van der Waals surface area contributed by atoms with Gasteiger partial charge in [-0.15, -0.1) is 10.2 Å². The van der Waals surface area contributed by atoms with Gasteiger partial charge in [-0.2, -0.15) is 0 Å². The lowest BCUT2D eigenvalue weighted by Crippen LogP contribution is -1.81. The van der Waals surface area contributed by atoms with Gasteiger partial charge in [0, 0.05) is 0 Å². The summed E-state index contributed by atoms with van der Waals surface area (Å²) < 4.78 is 0.611. The Morgan fingerprint density at radius 3 is 2.53 bits per heavy atom. The van der Waals surface area contributed by atoms with Crippen LogP contribution in [0.4, 0.5) is 11.4 Å². The van der Waals surface area contributed by atoms with Gasteiger partial charge >= 0.3 is 0 Å². The van der Waals surface area contributed by atoms with Crippen molar-refractivity contribution in [1.29, 1.82) is 0 Å². The number of rotatable bonds is 3. The van der Waals surface area contributed by atoms with Crippen LogP contribution < -0.4 is 0 Å². The number of aryl methyl sites for hydroxylation is 1. The Balaban J connectivity index is 2.38. The highest BCUT2D eigenvalue weighted by molar-refractivity contribution is 9.10. The fourth-order valence-corrected chi connectivity index (χ4v) is 2.23. The number of nitrogens with zero attached hydrogens (tertiary/aromatic N) is 2. The Morgan fingerprint density at radius 2 is 1.84 bits per heavy atom. The molecule has 2 rings (SSSR count). The maximum atomic E-state index is 9.93. The van der Waals surface area contributed by atoms with E-state index in [0.717, 1.165) is 12.0 Å². The number of benzene rings is 2. The third-order valence-electron chi connectivity index (χ3n) is 2.63. The zero-order valence-corrected chi connectivity index (χ0v) is 12.6. The molecule has 0 saturated heterocycles. The molecule has 2 aromatic rings. The van der Waals surface area contributed by atoms with E-state index in [1.165, 1.54) is 0 Å². The van der Waals surface area contributed by atoms with Gasteiger partial charge in [0.1, 0.15) is 11.4 Å². The average Bonchev–Trinajstić information content (AvgIpc) is 2.42. The predicted octanol–water partition coefficient (Wildman–Crippen LogP) is 5.79. The van der Waals surface area contributed by atoms with E-state index in [-0.39, 0.29) is 5.75 Å². The van der Waals surface area contributed by atoms with Crippen LogP contribution in [0.15, 0.2) is 51.1 Å². The molecule has 0 saturated carbocycles. The van der Waals surface area contributed by atoms with Crippen LogP contribution in [0.25, 0.3) is 0 Å². The molecule has 0 radical (unpaired) electrons. The number of halogens is 2. The first-order chi connectivity index (χ1) is 9.11. The number of azo groups is 1. The van der Waals surface area contributed by atoms with E-state index < -0.39 is 0 Å². The normalized spacial score (nSPS) is 11.1. The van der Waals surface area contributed by atoms with Gasteiger partial charge in [-0.3, -0.25) is 0 Å². The Bertz CT molecular complexity index is 629. The summed E-state index contributed by atoms with van der Waals surface area (Å²) in [5, 5.41) is 18.6. The van der Waals surface area contributed by atoms with Crippen LogP contribution in [0.3, 0.4) is 0 Å². The van der Waals surface area contributed by atoms with Crippen molar-refractivity contribution in [2.45, 2.75) is 13.3 Å². The highest BCUT2D eigenvalue weighted by Gasteiger charge is 2.07. The van der Waals surface area contributed by atoms with E-state index in [9.17, 15) is 5.11 Å². The van der Waals surface area contributed by atoms with Crippen LogP contribution in [0.5, 0.6) is 5.75 Å². The molecule has 98 valence electrons. The molecule has 0 aromatic heterocycles. The standard InChI is InChI=1S/C14H12BrClN2O/c1-2-9-7-10(15)14(19)13(8-9)18-17-12-6-4-3-5-11(12)16/h3-8,19H,2H2,1H3. The molecule has 0 fully saturated rings. The number of phenolic OH excluding ortho intramolecular Hbond substituents is 1. The predicted molar refractivity (Wildman–Crippen MR) is 80.8 cm³/mol. The van der Waals surface area contributed by atoms with Crippen LogP contribution in [0.2, 0.25) is 5.02 Å². The monoisotopic (exact) mass is 338 g/mol. The van der Waals surface area contributed by atoms with Crippen LogP contribution >= 0.6 is 27.5 Å². The molecule has 3 nitrogen and oxygen atoms in total. The van der Waals surface area contributed by atoms with Crippen LogP contribution in [0.1, 0.15) is 12.5 Å². The van der Waals surface area contributed by atoms with Gasteiger partial charge in [0.25, 0.3) is 0 Å². The topological polar surface area (TPSA) is 45.0 Å². The van der Waals surface area contributed by atoms with Crippen molar-refractivity contribution in [3.8, 4) is 5.75 Å². The summed E-state index contributed by atoms with van der Waals surface area (Å²) in [5.74, 6) is 0.0769. The third kappa shape index (κ3) is 3.33. The first kappa shape index (κ1) is 14.0. The maximum Gasteiger partial charge on any atom is 0.157 e. The molecule has 0 aliphatic rings. The van der Waals surface area contributed by atoms with Crippen molar-refractivity contribution in [3.05, 3.63) is 51.5 Å². The van der Waals surface area contributed by atoms with Crippen LogP contribution in [-0.4, -0.2) is 5.11 Å². The first-order valence-electron chi connectivity index (χ1n) is 5.79. The van der Waals surface area contributed by atoms with E-state index in [0.29, 0.717) is 20.9 Å². The second kappa shape index (κ2) is 6.17. The van der Waals surface area contributed by atoms with Crippen LogP contribution in [0, 0.1) is 0 Å². The number of aromatic hydroxyl groups is 1. The number of hydrogen-bond donors (Lipinski definition) is 1. The Labute approximate surface area is 125 Å². The molecule has 5 heteroatoms. The van der Waals surface area contributed by atoms with Crippen LogP contribution in [-0.2, 0) is 6.42 Å². The summed E-state index contributed by atoms with van der Waals surface area (Å²) in [6.07, 6.45) is 0.855. The number of phenols is 1. The minimum atomic E-state index is 0.0769. The molecule has 0 bridgehead atoms.